The van der Waals surface area contributed by atoms with E-state index >= 15 is 0 Å². The normalized spacial score (nSPS) is 13.6. The molecule has 44 valence electrons. The monoisotopic (exact) mass is 109 g/mol. The third kappa shape index (κ3) is 3.34. The van der Waals surface area contributed by atoms with Gasteiger partial charge in [-0.15, -0.1) is 6.58 Å². The lowest BCUT2D eigenvalue weighted by Gasteiger charge is -1.90. The summed E-state index contributed by atoms with van der Waals surface area (Å²) in [5.41, 5.74) is 0. The first kappa shape index (κ1) is 7.15. The smallest absolute Gasteiger partial charge is 0.0226 e. The lowest BCUT2D eigenvalue weighted by molar-refractivity contribution is 0.940. The molecular weight excluding hydrogens is 98.1 g/mol. The summed E-state index contributed by atoms with van der Waals surface area (Å²) in [6.45, 7) is 8.93. The highest BCUT2D eigenvalue weighted by atomic mass is 14.6. The Labute approximate surface area is 50.4 Å². The molecule has 0 saturated heterocycles. The van der Waals surface area contributed by atoms with E-state index in [-0.39, 0.29) is 0 Å². The van der Waals surface area contributed by atoms with E-state index in [9.17, 15) is 0 Å². The van der Waals surface area contributed by atoms with Crippen LogP contribution in [0.4, 0.5) is 0 Å². The molecule has 0 aromatic heterocycles. The molecule has 0 fully saturated rings. The van der Waals surface area contributed by atoms with Crippen LogP contribution in [-0.4, -0.2) is 6.72 Å². The van der Waals surface area contributed by atoms with Gasteiger partial charge in [0.15, 0.2) is 0 Å². The maximum atomic E-state index is 3.60. The van der Waals surface area contributed by atoms with Gasteiger partial charge in [-0.05, 0) is 12.6 Å². The van der Waals surface area contributed by atoms with Crippen molar-refractivity contribution in [2.24, 2.45) is 10.9 Å². The van der Waals surface area contributed by atoms with Crippen LogP contribution in [0.2, 0.25) is 0 Å². The summed E-state index contributed by atoms with van der Waals surface area (Å²) < 4.78 is 0. The number of allylic oxidation sites excluding steroid dienone is 2. The van der Waals surface area contributed by atoms with Crippen LogP contribution in [0.15, 0.2) is 29.9 Å². The fourth-order valence-electron chi connectivity index (χ4n) is 0.275. The van der Waals surface area contributed by atoms with Gasteiger partial charge >= 0.3 is 0 Å². The van der Waals surface area contributed by atoms with E-state index in [0.29, 0.717) is 5.92 Å². The number of hydrogen-bond acceptors (Lipinski definition) is 1. The highest BCUT2D eigenvalue weighted by Gasteiger charge is 1.82. The van der Waals surface area contributed by atoms with Crippen LogP contribution in [-0.2, 0) is 0 Å². The van der Waals surface area contributed by atoms with Gasteiger partial charge in [0.2, 0.25) is 0 Å². The summed E-state index contributed by atoms with van der Waals surface area (Å²) in [6.07, 6.45) is 5.45. The molecule has 0 rings (SSSR count). The first-order valence-electron chi connectivity index (χ1n) is 2.56. The maximum Gasteiger partial charge on any atom is 0.0226 e. The maximum absolute atomic E-state index is 3.60. The molecule has 0 radical (unpaired) electrons. The van der Waals surface area contributed by atoms with Crippen LogP contribution in [0.1, 0.15) is 6.92 Å². The van der Waals surface area contributed by atoms with Crippen LogP contribution in [0.3, 0.4) is 0 Å². The van der Waals surface area contributed by atoms with Gasteiger partial charge in [0.25, 0.3) is 0 Å². The van der Waals surface area contributed by atoms with Gasteiger partial charge in [0, 0.05) is 6.20 Å². The van der Waals surface area contributed by atoms with Crippen molar-refractivity contribution in [2.45, 2.75) is 6.92 Å². The van der Waals surface area contributed by atoms with Gasteiger partial charge in [-0.2, -0.15) is 0 Å². The van der Waals surface area contributed by atoms with E-state index in [2.05, 4.69) is 18.3 Å². The summed E-state index contributed by atoms with van der Waals surface area (Å²) in [5, 5.41) is 0. The average Bonchev–Trinajstić information content (AvgIpc) is 1.83. The Morgan fingerprint density at radius 1 is 1.62 bits per heavy atom. The van der Waals surface area contributed by atoms with Gasteiger partial charge in [-0.3, -0.25) is 4.99 Å². The molecule has 0 bridgehead atoms. The Balaban J connectivity index is 3.50. The molecule has 0 aliphatic heterocycles. The Bertz CT molecular complexity index is 103. The molecule has 1 unspecified atom stereocenters. The Morgan fingerprint density at radius 2 is 2.25 bits per heavy atom. The van der Waals surface area contributed by atoms with E-state index in [1.165, 1.54) is 0 Å². The van der Waals surface area contributed by atoms with Gasteiger partial charge in [-0.25, -0.2) is 0 Å². The van der Waals surface area contributed by atoms with Crippen molar-refractivity contribution in [3.8, 4) is 0 Å². The van der Waals surface area contributed by atoms with E-state index in [0.717, 1.165) is 0 Å². The van der Waals surface area contributed by atoms with Crippen molar-refractivity contribution in [3.63, 3.8) is 0 Å². The van der Waals surface area contributed by atoms with Crippen molar-refractivity contribution in [1.29, 1.82) is 0 Å². The van der Waals surface area contributed by atoms with Gasteiger partial charge < -0.3 is 0 Å². The lowest BCUT2D eigenvalue weighted by atomic mass is 10.2. The third-order valence-electron chi connectivity index (χ3n) is 0.867. The fraction of sp³-hybridized carbons (Fsp3) is 0.286. The van der Waals surface area contributed by atoms with Crippen molar-refractivity contribution in [2.75, 3.05) is 0 Å². The summed E-state index contributed by atoms with van der Waals surface area (Å²) >= 11 is 0. The summed E-state index contributed by atoms with van der Waals surface area (Å²) in [5.74, 6) is 0.403. The van der Waals surface area contributed by atoms with Crippen LogP contribution >= 0.6 is 0 Å². The molecule has 0 heterocycles. The minimum Gasteiger partial charge on any atom is -0.273 e. The molecule has 0 amide bonds. The zero-order valence-electron chi connectivity index (χ0n) is 5.17. The van der Waals surface area contributed by atoms with E-state index in [1.54, 1.807) is 6.20 Å². The van der Waals surface area contributed by atoms with Crippen LogP contribution in [0.25, 0.3) is 0 Å². The summed E-state index contributed by atoms with van der Waals surface area (Å²) in [4.78, 5) is 3.55. The molecule has 8 heavy (non-hydrogen) atoms. The molecule has 0 aromatic rings. The zero-order valence-corrected chi connectivity index (χ0v) is 5.17. The van der Waals surface area contributed by atoms with Crippen molar-refractivity contribution >= 4 is 6.72 Å². The first-order chi connectivity index (χ1) is 3.81. The van der Waals surface area contributed by atoms with Crippen LogP contribution in [0.5, 0.6) is 0 Å². The third-order valence-corrected chi connectivity index (χ3v) is 0.867. The molecule has 0 saturated carbocycles. The van der Waals surface area contributed by atoms with Crippen LogP contribution < -0.4 is 0 Å². The van der Waals surface area contributed by atoms with Crippen molar-refractivity contribution in [3.05, 3.63) is 24.9 Å². The Hall–Kier alpha value is -0.850. The predicted molar refractivity (Wildman–Crippen MR) is 38.1 cm³/mol. The number of nitrogens with zero attached hydrogens (tertiary/aromatic N) is 1. The topological polar surface area (TPSA) is 12.4 Å². The molecule has 1 atom stereocenters. The lowest BCUT2D eigenvalue weighted by Crippen LogP contribution is -1.77. The second-order valence-electron chi connectivity index (χ2n) is 1.62. The summed E-state index contributed by atoms with van der Waals surface area (Å²) in [7, 11) is 0. The van der Waals surface area contributed by atoms with E-state index < -0.39 is 0 Å². The average molecular weight is 109 g/mol. The van der Waals surface area contributed by atoms with Crippen molar-refractivity contribution < 1.29 is 0 Å². The van der Waals surface area contributed by atoms with Gasteiger partial charge in [0.1, 0.15) is 0 Å². The Morgan fingerprint density at radius 3 is 2.62 bits per heavy atom. The molecule has 0 spiro atoms. The predicted octanol–water partition coefficient (Wildman–Crippen LogP) is 2.02. The molecule has 0 aliphatic carbocycles. The highest BCUT2D eigenvalue weighted by molar-refractivity contribution is 5.25. The molecular formula is C7H11N. The SMILES string of the molecule is C=CC(C)C=CN=C. The number of rotatable bonds is 3. The molecule has 1 nitrogen and oxygen atoms in total. The molecule has 0 aromatic carbocycles. The summed E-state index contributed by atoms with van der Waals surface area (Å²) in [6, 6.07) is 0. The standard InChI is InChI=1S/C7H11N/c1-4-7(2)5-6-8-3/h4-7H,1,3H2,2H3. The van der Waals surface area contributed by atoms with E-state index in [1.807, 2.05) is 19.1 Å². The Kier molecular flexibility index (Phi) is 3.85. The van der Waals surface area contributed by atoms with Gasteiger partial charge in [0.05, 0.1) is 0 Å². The minimum absolute atomic E-state index is 0.403. The zero-order chi connectivity index (χ0) is 6.41. The largest absolute Gasteiger partial charge is 0.273 e. The molecule has 0 aliphatic rings. The molecule has 0 N–H and O–H groups in total. The number of aliphatic imine (C=N–C) groups is 1. The highest BCUT2D eigenvalue weighted by Crippen LogP contribution is 1.95. The van der Waals surface area contributed by atoms with E-state index in [4.69, 9.17) is 0 Å². The van der Waals surface area contributed by atoms with Crippen molar-refractivity contribution in [1.82, 2.24) is 0 Å². The quantitative estimate of drug-likeness (QED) is 0.388. The minimum atomic E-state index is 0.403. The van der Waals surface area contributed by atoms with Gasteiger partial charge in [-0.1, -0.05) is 19.1 Å². The van der Waals surface area contributed by atoms with Crippen LogP contribution in [0, 0.1) is 5.92 Å². The second kappa shape index (κ2) is 4.31. The number of hydrogen-bond donors (Lipinski definition) is 0. The first-order valence-corrected chi connectivity index (χ1v) is 2.56. The fourth-order valence-corrected chi connectivity index (χ4v) is 0.275. The second-order valence-corrected chi connectivity index (χ2v) is 1.62. The molecule has 1 heteroatoms.